The Labute approximate surface area is 111 Å². The van der Waals surface area contributed by atoms with Gasteiger partial charge in [0.15, 0.2) is 6.29 Å². The molecule has 3 nitrogen and oxygen atoms in total. The molecule has 2 unspecified atom stereocenters. The first-order valence-electron chi connectivity index (χ1n) is 6.85. The maximum Gasteiger partial charge on any atom is 0.158 e. The second kappa shape index (κ2) is 12.7. The molecule has 0 spiro atoms. The van der Waals surface area contributed by atoms with Crippen LogP contribution in [0.2, 0.25) is 0 Å². The van der Waals surface area contributed by atoms with E-state index in [1.165, 1.54) is 6.42 Å². The van der Waals surface area contributed by atoms with E-state index < -0.39 is 0 Å². The molecule has 0 amide bonds. The first kappa shape index (κ1) is 17.2. The molecule has 0 aromatic rings. The van der Waals surface area contributed by atoms with Crippen LogP contribution in [0.4, 0.5) is 0 Å². The van der Waals surface area contributed by atoms with Crippen molar-refractivity contribution in [3.8, 4) is 0 Å². The van der Waals surface area contributed by atoms with Gasteiger partial charge in [0.2, 0.25) is 0 Å². The lowest BCUT2D eigenvalue weighted by molar-refractivity contribution is -0.201. The van der Waals surface area contributed by atoms with E-state index >= 15 is 0 Å². The number of rotatable bonds is 7. The summed E-state index contributed by atoms with van der Waals surface area (Å²) in [6, 6.07) is 0. The van der Waals surface area contributed by atoms with Gasteiger partial charge in [-0.05, 0) is 37.9 Å². The summed E-state index contributed by atoms with van der Waals surface area (Å²) in [4.78, 5) is 0. The number of thiol groups is 1. The highest BCUT2D eigenvalue weighted by atomic mass is 32.1. The van der Waals surface area contributed by atoms with Crippen molar-refractivity contribution in [1.82, 2.24) is 0 Å². The zero-order valence-electron chi connectivity index (χ0n) is 11.2. The third kappa shape index (κ3) is 8.89. The number of aliphatic hydroxyl groups is 1. The van der Waals surface area contributed by atoms with E-state index in [4.69, 9.17) is 14.6 Å². The Hall–Kier alpha value is 0.230. The van der Waals surface area contributed by atoms with E-state index in [9.17, 15) is 0 Å². The summed E-state index contributed by atoms with van der Waals surface area (Å²) in [7, 11) is 0. The Morgan fingerprint density at radius 1 is 1.24 bits per heavy atom. The molecule has 1 saturated heterocycles. The van der Waals surface area contributed by atoms with Crippen LogP contribution in [0.5, 0.6) is 0 Å². The molecule has 1 aliphatic heterocycles. The van der Waals surface area contributed by atoms with Crippen LogP contribution in [0.1, 0.15) is 52.4 Å². The van der Waals surface area contributed by atoms with E-state index in [-0.39, 0.29) is 19.0 Å². The van der Waals surface area contributed by atoms with Gasteiger partial charge in [-0.2, -0.15) is 12.6 Å². The SMILES string of the molecule is CC.OCC1CCCC(OCCCCCS)O1. The van der Waals surface area contributed by atoms with Gasteiger partial charge in [0.25, 0.3) is 0 Å². The minimum Gasteiger partial charge on any atom is -0.394 e. The van der Waals surface area contributed by atoms with Gasteiger partial charge in [0.1, 0.15) is 0 Å². The van der Waals surface area contributed by atoms with Gasteiger partial charge < -0.3 is 14.6 Å². The minimum absolute atomic E-state index is 0.0128. The van der Waals surface area contributed by atoms with Gasteiger partial charge in [-0.15, -0.1) is 0 Å². The lowest BCUT2D eigenvalue weighted by atomic mass is 10.1. The summed E-state index contributed by atoms with van der Waals surface area (Å²) in [5, 5.41) is 8.96. The van der Waals surface area contributed by atoms with Crippen molar-refractivity contribution >= 4 is 12.6 Å². The predicted molar refractivity (Wildman–Crippen MR) is 74.6 cm³/mol. The van der Waals surface area contributed by atoms with Crippen LogP contribution in [0.15, 0.2) is 0 Å². The monoisotopic (exact) mass is 264 g/mol. The van der Waals surface area contributed by atoms with Gasteiger partial charge in [-0.25, -0.2) is 0 Å². The van der Waals surface area contributed by atoms with E-state index in [0.717, 1.165) is 44.5 Å². The van der Waals surface area contributed by atoms with Gasteiger partial charge >= 0.3 is 0 Å². The maximum absolute atomic E-state index is 8.96. The number of unbranched alkanes of at least 4 members (excludes halogenated alkanes) is 2. The highest BCUT2D eigenvalue weighted by Gasteiger charge is 2.21. The first-order valence-corrected chi connectivity index (χ1v) is 7.49. The van der Waals surface area contributed by atoms with E-state index in [1.54, 1.807) is 0 Å². The van der Waals surface area contributed by atoms with Crippen LogP contribution in [0, 0.1) is 0 Å². The van der Waals surface area contributed by atoms with Crippen LogP contribution < -0.4 is 0 Å². The summed E-state index contributed by atoms with van der Waals surface area (Å²) in [6.07, 6.45) is 6.29. The molecule has 1 aliphatic rings. The standard InChI is InChI=1S/C11H22O3S.C2H6/c12-9-10-5-4-6-11(14-10)13-7-2-1-3-8-15;1-2/h10-12,15H,1-9H2;1-2H3. The molecule has 1 N–H and O–H groups in total. The lowest BCUT2D eigenvalue weighted by Gasteiger charge is -2.28. The highest BCUT2D eigenvalue weighted by molar-refractivity contribution is 7.80. The molecule has 0 saturated carbocycles. The molecular weight excluding hydrogens is 236 g/mol. The zero-order valence-corrected chi connectivity index (χ0v) is 12.1. The Balaban J connectivity index is 0.00000121. The molecule has 1 heterocycles. The lowest BCUT2D eigenvalue weighted by Crippen LogP contribution is -2.32. The Morgan fingerprint density at radius 2 is 2.00 bits per heavy atom. The van der Waals surface area contributed by atoms with E-state index in [0.29, 0.717) is 0 Å². The van der Waals surface area contributed by atoms with E-state index in [2.05, 4.69) is 12.6 Å². The third-order valence-corrected chi connectivity index (χ3v) is 2.94. The third-order valence-electron chi connectivity index (χ3n) is 2.62. The topological polar surface area (TPSA) is 38.7 Å². The van der Waals surface area contributed by atoms with Gasteiger partial charge in [0, 0.05) is 6.61 Å². The molecule has 2 atom stereocenters. The van der Waals surface area contributed by atoms with Crippen LogP contribution >= 0.6 is 12.6 Å². The van der Waals surface area contributed by atoms with Crippen LogP contribution in [0.3, 0.4) is 0 Å². The fourth-order valence-corrected chi connectivity index (χ4v) is 1.95. The molecular formula is C13H28O3S. The molecule has 0 aliphatic carbocycles. The van der Waals surface area contributed by atoms with Gasteiger partial charge in [0.05, 0.1) is 12.7 Å². The average Bonchev–Trinajstić information content (AvgIpc) is 2.41. The van der Waals surface area contributed by atoms with Crippen molar-refractivity contribution in [2.45, 2.75) is 64.8 Å². The molecule has 0 aromatic heterocycles. The minimum atomic E-state index is -0.0908. The first-order chi connectivity index (χ1) is 8.36. The summed E-state index contributed by atoms with van der Waals surface area (Å²) in [5.74, 6) is 0.951. The molecule has 0 bridgehead atoms. The van der Waals surface area contributed by atoms with Crippen molar-refractivity contribution < 1.29 is 14.6 Å². The number of ether oxygens (including phenoxy) is 2. The van der Waals surface area contributed by atoms with Crippen LogP contribution in [0.25, 0.3) is 0 Å². The van der Waals surface area contributed by atoms with Crippen molar-refractivity contribution in [3.63, 3.8) is 0 Å². The average molecular weight is 264 g/mol. The fourth-order valence-electron chi connectivity index (χ4n) is 1.73. The van der Waals surface area contributed by atoms with Crippen molar-refractivity contribution in [1.29, 1.82) is 0 Å². The van der Waals surface area contributed by atoms with Crippen molar-refractivity contribution in [2.24, 2.45) is 0 Å². The fraction of sp³-hybridized carbons (Fsp3) is 1.00. The van der Waals surface area contributed by atoms with Gasteiger partial charge in [-0.3, -0.25) is 0 Å². The molecule has 17 heavy (non-hydrogen) atoms. The summed E-state index contributed by atoms with van der Waals surface area (Å²) in [5.41, 5.74) is 0. The second-order valence-corrected chi connectivity index (χ2v) is 4.40. The normalized spacial score (nSPS) is 24.0. The molecule has 0 aromatic carbocycles. The highest BCUT2D eigenvalue weighted by Crippen LogP contribution is 2.19. The molecule has 4 heteroatoms. The largest absolute Gasteiger partial charge is 0.394 e. The quantitative estimate of drug-likeness (QED) is 0.548. The molecule has 1 fully saturated rings. The number of hydrogen-bond donors (Lipinski definition) is 2. The molecule has 1 rings (SSSR count). The predicted octanol–water partition coefficient (Wildman–Crippen LogP) is 3.02. The van der Waals surface area contributed by atoms with Crippen molar-refractivity contribution in [2.75, 3.05) is 19.0 Å². The van der Waals surface area contributed by atoms with Crippen LogP contribution in [-0.4, -0.2) is 36.5 Å². The summed E-state index contributed by atoms with van der Waals surface area (Å²) < 4.78 is 11.2. The number of aliphatic hydroxyl groups excluding tert-OH is 1. The summed E-state index contributed by atoms with van der Waals surface area (Å²) >= 11 is 4.16. The smallest absolute Gasteiger partial charge is 0.158 e. The zero-order chi connectivity index (χ0) is 12.9. The summed E-state index contributed by atoms with van der Waals surface area (Å²) in [6.45, 7) is 4.87. The second-order valence-electron chi connectivity index (χ2n) is 3.96. The Kier molecular flexibility index (Phi) is 12.9. The molecule has 0 radical (unpaired) electrons. The molecule has 104 valence electrons. The van der Waals surface area contributed by atoms with Crippen LogP contribution in [-0.2, 0) is 9.47 Å². The number of hydrogen-bond acceptors (Lipinski definition) is 4. The Morgan fingerprint density at radius 3 is 2.65 bits per heavy atom. The maximum atomic E-state index is 8.96. The Bertz CT molecular complexity index is 156. The van der Waals surface area contributed by atoms with Gasteiger partial charge in [-0.1, -0.05) is 20.3 Å². The van der Waals surface area contributed by atoms with Crippen molar-refractivity contribution in [3.05, 3.63) is 0 Å². The van der Waals surface area contributed by atoms with E-state index in [1.807, 2.05) is 13.8 Å².